The normalized spacial score (nSPS) is 13.0. The second-order valence-corrected chi connectivity index (χ2v) is 6.39. The molecular weight excluding hydrogens is 330 g/mol. The van der Waals surface area contributed by atoms with Gasteiger partial charge < -0.3 is 19.9 Å². The number of carbonyl (C=O) groups is 2. The first-order valence-corrected chi connectivity index (χ1v) is 8.60. The standard InChI is InChI=1S/C20H23N3O3/c1-22(2)16-7-5-6-15(12-16)13-21-19(24)10-11-23-17-8-3-4-9-18(17)26-14-20(23)25/h3-9,12H,10-11,13-14H2,1-2H3,(H,21,24). The van der Waals surface area contributed by atoms with E-state index < -0.39 is 0 Å². The minimum absolute atomic E-state index is 0.00988. The Morgan fingerprint density at radius 2 is 2.00 bits per heavy atom. The highest BCUT2D eigenvalue weighted by Crippen LogP contribution is 2.31. The number of fused-ring (bicyclic) bond motifs is 1. The highest BCUT2D eigenvalue weighted by Gasteiger charge is 2.25. The van der Waals surface area contributed by atoms with Crippen LogP contribution in [0.1, 0.15) is 12.0 Å². The Bertz CT molecular complexity index is 804. The highest BCUT2D eigenvalue weighted by molar-refractivity contribution is 5.98. The number of nitrogens with zero attached hydrogens (tertiary/aromatic N) is 2. The summed E-state index contributed by atoms with van der Waals surface area (Å²) in [7, 11) is 3.96. The maximum Gasteiger partial charge on any atom is 0.265 e. The van der Waals surface area contributed by atoms with E-state index in [1.54, 1.807) is 4.90 Å². The topological polar surface area (TPSA) is 61.9 Å². The van der Waals surface area contributed by atoms with Crippen molar-refractivity contribution in [2.75, 3.05) is 37.0 Å². The van der Waals surface area contributed by atoms with Crippen LogP contribution >= 0.6 is 0 Å². The number of ether oxygens (including phenoxy) is 1. The molecule has 0 bridgehead atoms. The van der Waals surface area contributed by atoms with Gasteiger partial charge in [-0.1, -0.05) is 24.3 Å². The molecule has 0 spiro atoms. The fourth-order valence-electron chi connectivity index (χ4n) is 2.85. The van der Waals surface area contributed by atoms with Crippen LogP contribution in [0, 0.1) is 0 Å². The minimum atomic E-state index is -0.129. The molecule has 0 unspecified atom stereocenters. The van der Waals surface area contributed by atoms with Crippen LogP contribution in [0.15, 0.2) is 48.5 Å². The molecule has 2 amide bonds. The van der Waals surface area contributed by atoms with Crippen molar-refractivity contribution in [3.8, 4) is 5.75 Å². The van der Waals surface area contributed by atoms with Gasteiger partial charge in [-0.3, -0.25) is 9.59 Å². The molecule has 1 N–H and O–H groups in total. The molecule has 0 saturated carbocycles. The van der Waals surface area contributed by atoms with Gasteiger partial charge in [-0.15, -0.1) is 0 Å². The van der Waals surface area contributed by atoms with Crippen LogP contribution in [0.25, 0.3) is 0 Å². The third kappa shape index (κ3) is 4.14. The molecule has 3 rings (SSSR count). The molecule has 0 radical (unpaired) electrons. The predicted molar refractivity (Wildman–Crippen MR) is 102 cm³/mol. The second kappa shape index (κ2) is 7.91. The van der Waals surface area contributed by atoms with E-state index in [1.165, 1.54) is 0 Å². The van der Waals surface area contributed by atoms with Crippen molar-refractivity contribution in [2.45, 2.75) is 13.0 Å². The molecule has 0 atom stereocenters. The van der Waals surface area contributed by atoms with Crippen LogP contribution in [0.2, 0.25) is 0 Å². The smallest absolute Gasteiger partial charge is 0.265 e. The Balaban J connectivity index is 1.55. The van der Waals surface area contributed by atoms with Crippen molar-refractivity contribution in [1.29, 1.82) is 0 Å². The van der Waals surface area contributed by atoms with E-state index in [-0.39, 0.29) is 24.8 Å². The number of benzene rings is 2. The van der Waals surface area contributed by atoms with Crippen LogP contribution < -0.4 is 19.9 Å². The van der Waals surface area contributed by atoms with E-state index in [0.29, 0.717) is 18.8 Å². The first-order valence-electron chi connectivity index (χ1n) is 8.60. The fraction of sp³-hybridized carbons (Fsp3) is 0.300. The summed E-state index contributed by atoms with van der Waals surface area (Å²) in [6.45, 7) is 0.812. The molecule has 26 heavy (non-hydrogen) atoms. The van der Waals surface area contributed by atoms with Gasteiger partial charge in [0, 0.05) is 39.3 Å². The zero-order chi connectivity index (χ0) is 18.5. The molecule has 1 aliphatic rings. The van der Waals surface area contributed by atoms with Gasteiger partial charge in [-0.25, -0.2) is 0 Å². The summed E-state index contributed by atoms with van der Waals surface area (Å²) in [6, 6.07) is 15.4. The van der Waals surface area contributed by atoms with Gasteiger partial charge in [-0.2, -0.15) is 0 Å². The third-order valence-electron chi connectivity index (χ3n) is 4.29. The van der Waals surface area contributed by atoms with Crippen LogP contribution in [0.4, 0.5) is 11.4 Å². The highest BCUT2D eigenvalue weighted by atomic mass is 16.5. The van der Waals surface area contributed by atoms with Gasteiger partial charge in [0.05, 0.1) is 5.69 Å². The maximum absolute atomic E-state index is 12.2. The lowest BCUT2D eigenvalue weighted by Gasteiger charge is -2.29. The number of carbonyl (C=O) groups excluding carboxylic acids is 2. The predicted octanol–water partition coefficient (Wildman–Crippen LogP) is 2.18. The van der Waals surface area contributed by atoms with E-state index in [0.717, 1.165) is 16.9 Å². The zero-order valence-corrected chi connectivity index (χ0v) is 15.1. The molecule has 6 nitrogen and oxygen atoms in total. The summed E-state index contributed by atoms with van der Waals surface area (Å²) in [5, 5.41) is 2.92. The number of hydrogen-bond acceptors (Lipinski definition) is 4. The van der Waals surface area contributed by atoms with E-state index in [4.69, 9.17) is 4.74 Å². The molecule has 0 aromatic heterocycles. The molecule has 0 aliphatic carbocycles. The Hall–Kier alpha value is -3.02. The Kier molecular flexibility index (Phi) is 5.41. The van der Waals surface area contributed by atoms with Gasteiger partial charge in [-0.05, 0) is 29.8 Å². The molecule has 1 heterocycles. The quantitative estimate of drug-likeness (QED) is 0.865. The van der Waals surface area contributed by atoms with Gasteiger partial charge in [0.1, 0.15) is 5.75 Å². The number of rotatable bonds is 6. The van der Waals surface area contributed by atoms with Gasteiger partial charge >= 0.3 is 0 Å². The van der Waals surface area contributed by atoms with Crippen LogP contribution in [0.3, 0.4) is 0 Å². The lowest BCUT2D eigenvalue weighted by Crippen LogP contribution is -2.41. The maximum atomic E-state index is 12.2. The van der Waals surface area contributed by atoms with E-state index >= 15 is 0 Å². The van der Waals surface area contributed by atoms with Crippen molar-refractivity contribution in [1.82, 2.24) is 5.32 Å². The summed E-state index contributed by atoms with van der Waals surface area (Å²) >= 11 is 0. The summed E-state index contributed by atoms with van der Waals surface area (Å²) in [4.78, 5) is 28.0. The van der Waals surface area contributed by atoms with Crippen molar-refractivity contribution in [3.05, 3.63) is 54.1 Å². The second-order valence-electron chi connectivity index (χ2n) is 6.39. The van der Waals surface area contributed by atoms with Crippen molar-refractivity contribution in [3.63, 3.8) is 0 Å². The van der Waals surface area contributed by atoms with Crippen molar-refractivity contribution >= 4 is 23.2 Å². The van der Waals surface area contributed by atoms with Crippen molar-refractivity contribution in [2.24, 2.45) is 0 Å². The van der Waals surface area contributed by atoms with Crippen molar-refractivity contribution < 1.29 is 14.3 Å². The Morgan fingerprint density at radius 3 is 2.81 bits per heavy atom. The fourth-order valence-corrected chi connectivity index (χ4v) is 2.85. The Labute approximate surface area is 153 Å². The number of nitrogens with one attached hydrogen (secondary N) is 1. The van der Waals surface area contributed by atoms with Gasteiger partial charge in [0.15, 0.2) is 6.61 Å². The lowest BCUT2D eigenvalue weighted by atomic mass is 10.2. The van der Waals surface area contributed by atoms with Crippen LogP contribution in [0.5, 0.6) is 5.75 Å². The number of hydrogen-bond donors (Lipinski definition) is 1. The molecule has 1 aliphatic heterocycles. The molecule has 6 heteroatoms. The average Bonchev–Trinajstić information content (AvgIpc) is 2.65. The van der Waals surface area contributed by atoms with E-state index in [1.807, 2.05) is 67.5 Å². The average molecular weight is 353 g/mol. The largest absolute Gasteiger partial charge is 0.482 e. The Morgan fingerprint density at radius 1 is 1.19 bits per heavy atom. The summed E-state index contributed by atoms with van der Waals surface area (Å²) in [6.07, 6.45) is 0.243. The molecule has 2 aromatic rings. The number of anilines is 2. The lowest BCUT2D eigenvalue weighted by molar-refractivity contribution is -0.122. The zero-order valence-electron chi connectivity index (χ0n) is 15.1. The monoisotopic (exact) mass is 353 g/mol. The third-order valence-corrected chi connectivity index (χ3v) is 4.29. The first-order chi connectivity index (χ1) is 12.5. The molecule has 136 valence electrons. The molecule has 0 saturated heterocycles. The SMILES string of the molecule is CN(C)c1cccc(CNC(=O)CCN2C(=O)COc3ccccc32)c1. The van der Waals surface area contributed by atoms with Gasteiger partial charge in [0.2, 0.25) is 5.91 Å². The summed E-state index contributed by atoms with van der Waals surface area (Å²) in [5.41, 5.74) is 2.85. The summed E-state index contributed by atoms with van der Waals surface area (Å²) in [5.74, 6) is 0.459. The number of para-hydroxylation sites is 2. The number of amides is 2. The minimum Gasteiger partial charge on any atom is -0.482 e. The summed E-state index contributed by atoms with van der Waals surface area (Å²) < 4.78 is 5.41. The molecular formula is C20H23N3O3. The molecule has 0 fully saturated rings. The van der Waals surface area contributed by atoms with Gasteiger partial charge in [0.25, 0.3) is 5.91 Å². The molecule has 2 aromatic carbocycles. The first kappa shape index (κ1) is 17.8. The van der Waals surface area contributed by atoms with Crippen LogP contribution in [-0.4, -0.2) is 39.1 Å². The van der Waals surface area contributed by atoms with E-state index in [9.17, 15) is 9.59 Å². The van der Waals surface area contributed by atoms with Crippen LogP contribution in [-0.2, 0) is 16.1 Å². The van der Waals surface area contributed by atoms with E-state index in [2.05, 4.69) is 5.32 Å².